The van der Waals surface area contributed by atoms with Crippen LogP contribution in [0.2, 0.25) is 0 Å². The summed E-state index contributed by atoms with van der Waals surface area (Å²) >= 11 is 0. The van der Waals surface area contributed by atoms with E-state index in [0.29, 0.717) is 24.4 Å². The summed E-state index contributed by atoms with van der Waals surface area (Å²) in [6.45, 7) is 10.7. The first-order valence-corrected chi connectivity index (χ1v) is 6.01. The normalized spacial score (nSPS) is 26.1. The lowest BCUT2D eigenvalue weighted by Crippen LogP contribution is -2.30. The van der Waals surface area contributed by atoms with Gasteiger partial charge in [0.05, 0.1) is 6.61 Å². The zero-order valence-corrected chi connectivity index (χ0v) is 10.3. The van der Waals surface area contributed by atoms with E-state index in [9.17, 15) is 4.79 Å². The molecule has 0 N–H and O–H groups in total. The van der Waals surface area contributed by atoms with E-state index in [2.05, 4.69) is 20.8 Å². The molecule has 3 heteroatoms. The molecular weight excluding hydrogens is 190 g/mol. The van der Waals surface area contributed by atoms with Crippen molar-refractivity contribution in [3.8, 4) is 0 Å². The molecule has 0 radical (unpaired) electrons. The Balaban J connectivity index is 2.56. The van der Waals surface area contributed by atoms with Gasteiger partial charge in [-0.15, -0.1) is 0 Å². The molecule has 0 saturated carbocycles. The zero-order chi connectivity index (χ0) is 11.4. The van der Waals surface area contributed by atoms with Crippen molar-refractivity contribution in [1.29, 1.82) is 0 Å². The van der Waals surface area contributed by atoms with Crippen LogP contribution in [0.15, 0.2) is 0 Å². The molecule has 0 aliphatic carbocycles. The number of amides is 1. The van der Waals surface area contributed by atoms with Gasteiger partial charge in [-0.05, 0) is 24.7 Å². The molecule has 2 unspecified atom stereocenters. The third kappa shape index (κ3) is 2.86. The highest BCUT2D eigenvalue weighted by molar-refractivity contribution is 5.68. The number of nitrogens with zero attached hydrogens (tertiary/aromatic N) is 1. The van der Waals surface area contributed by atoms with Crippen molar-refractivity contribution in [1.82, 2.24) is 4.90 Å². The first kappa shape index (κ1) is 12.3. The molecule has 15 heavy (non-hydrogen) atoms. The van der Waals surface area contributed by atoms with Crippen molar-refractivity contribution in [2.24, 2.45) is 17.8 Å². The third-order valence-corrected chi connectivity index (χ3v) is 3.40. The fourth-order valence-corrected chi connectivity index (χ4v) is 2.45. The molecule has 1 saturated heterocycles. The molecule has 2 atom stereocenters. The van der Waals surface area contributed by atoms with E-state index in [0.717, 1.165) is 19.5 Å². The monoisotopic (exact) mass is 213 g/mol. The van der Waals surface area contributed by atoms with Crippen molar-refractivity contribution in [2.75, 3.05) is 19.7 Å². The van der Waals surface area contributed by atoms with Crippen LogP contribution in [0, 0.1) is 17.8 Å². The van der Waals surface area contributed by atoms with Crippen molar-refractivity contribution < 1.29 is 9.53 Å². The third-order valence-electron chi connectivity index (χ3n) is 3.40. The lowest BCUT2D eigenvalue weighted by Gasteiger charge is -2.19. The largest absolute Gasteiger partial charge is 0.450 e. The van der Waals surface area contributed by atoms with E-state index >= 15 is 0 Å². The number of rotatable bonds is 3. The lowest BCUT2D eigenvalue weighted by atomic mass is 9.85. The van der Waals surface area contributed by atoms with Crippen LogP contribution in [-0.2, 0) is 4.74 Å². The average Bonchev–Trinajstić information content (AvgIpc) is 2.61. The van der Waals surface area contributed by atoms with E-state index in [1.165, 1.54) is 0 Å². The molecule has 3 nitrogen and oxygen atoms in total. The molecule has 0 aromatic heterocycles. The number of likely N-dealkylation sites (tertiary alicyclic amines) is 1. The average molecular weight is 213 g/mol. The van der Waals surface area contributed by atoms with Crippen molar-refractivity contribution in [3.05, 3.63) is 0 Å². The van der Waals surface area contributed by atoms with Crippen LogP contribution in [-0.4, -0.2) is 30.7 Å². The Kier molecular flexibility index (Phi) is 4.43. The van der Waals surface area contributed by atoms with E-state index < -0.39 is 0 Å². The molecule has 88 valence electrons. The van der Waals surface area contributed by atoms with Gasteiger partial charge in [0.15, 0.2) is 0 Å². The number of ether oxygens (including phenoxy) is 1. The van der Waals surface area contributed by atoms with Crippen LogP contribution < -0.4 is 0 Å². The smallest absolute Gasteiger partial charge is 0.409 e. The second-order valence-electron chi connectivity index (χ2n) is 4.68. The van der Waals surface area contributed by atoms with Gasteiger partial charge < -0.3 is 9.64 Å². The van der Waals surface area contributed by atoms with Crippen LogP contribution in [0.5, 0.6) is 0 Å². The lowest BCUT2D eigenvalue weighted by molar-refractivity contribution is 0.113. The van der Waals surface area contributed by atoms with Crippen molar-refractivity contribution >= 4 is 6.09 Å². The van der Waals surface area contributed by atoms with Crippen LogP contribution in [0.4, 0.5) is 4.79 Å². The fraction of sp³-hybridized carbons (Fsp3) is 0.917. The Morgan fingerprint density at radius 3 is 2.47 bits per heavy atom. The van der Waals surface area contributed by atoms with E-state index in [-0.39, 0.29) is 6.09 Å². The molecule has 0 aromatic carbocycles. The number of carbonyl (C=O) groups is 1. The molecule has 1 amide bonds. The van der Waals surface area contributed by atoms with E-state index in [4.69, 9.17) is 4.74 Å². The van der Waals surface area contributed by atoms with Gasteiger partial charge in [0.1, 0.15) is 0 Å². The summed E-state index contributed by atoms with van der Waals surface area (Å²) in [4.78, 5) is 13.4. The van der Waals surface area contributed by atoms with E-state index in [1.54, 1.807) is 0 Å². The maximum atomic E-state index is 11.6. The molecule has 0 bridgehead atoms. The maximum Gasteiger partial charge on any atom is 0.409 e. The predicted molar refractivity (Wildman–Crippen MR) is 60.7 cm³/mol. The highest BCUT2D eigenvalue weighted by atomic mass is 16.6. The van der Waals surface area contributed by atoms with Crippen LogP contribution in [0.3, 0.4) is 0 Å². The highest BCUT2D eigenvalue weighted by Gasteiger charge is 2.36. The Morgan fingerprint density at radius 1 is 1.40 bits per heavy atom. The summed E-state index contributed by atoms with van der Waals surface area (Å²) in [5.74, 6) is 1.93. The molecule has 1 aliphatic heterocycles. The van der Waals surface area contributed by atoms with Gasteiger partial charge >= 0.3 is 6.09 Å². The van der Waals surface area contributed by atoms with Gasteiger partial charge in [0, 0.05) is 13.1 Å². The molecule has 1 rings (SSSR count). The summed E-state index contributed by atoms with van der Waals surface area (Å²) in [5.41, 5.74) is 0. The van der Waals surface area contributed by atoms with Crippen LogP contribution in [0.25, 0.3) is 0 Å². The van der Waals surface area contributed by atoms with E-state index in [1.807, 2.05) is 11.8 Å². The topological polar surface area (TPSA) is 29.5 Å². The zero-order valence-electron chi connectivity index (χ0n) is 10.3. The minimum Gasteiger partial charge on any atom is -0.450 e. The second kappa shape index (κ2) is 5.38. The fourth-order valence-electron chi connectivity index (χ4n) is 2.45. The van der Waals surface area contributed by atoms with Gasteiger partial charge in [0.25, 0.3) is 0 Å². The summed E-state index contributed by atoms with van der Waals surface area (Å²) in [5, 5.41) is 0. The molecule has 0 spiro atoms. The SMILES string of the molecule is CCOC(=O)N1CC(CC)C(C(C)C)C1. The van der Waals surface area contributed by atoms with Gasteiger partial charge in [-0.2, -0.15) is 0 Å². The quantitative estimate of drug-likeness (QED) is 0.721. The number of carbonyl (C=O) groups excluding carboxylic acids is 1. The summed E-state index contributed by atoms with van der Waals surface area (Å²) in [6, 6.07) is 0. The Morgan fingerprint density at radius 2 is 2.07 bits per heavy atom. The predicted octanol–water partition coefficient (Wildman–Crippen LogP) is 2.76. The first-order chi connectivity index (χ1) is 7.10. The standard InChI is InChI=1S/C12H23NO2/c1-5-10-7-13(12(14)15-6-2)8-11(10)9(3)4/h9-11H,5-8H2,1-4H3. The van der Waals surface area contributed by atoms with Gasteiger partial charge in [-0.25, -0.2) is 4.79 Å². The van der Waals surface area contributed by atoms with Crippen molar-refractivity contribution in [2.45, 2.75) is 34.1 Å². The maximum absolute atomic E-state index is 11.6. The summed E-state index contributed by atoms with van der Waals surface area (Å²) < 4.78 is 5.03. The Bertz CT molecular complexity index is 216. The molecule has 0 aromatic rings. The highest BCUT2D eigenvalue weighted by Crippen LogP contribution is 2.31. The second-order valence-corrected chi connectivity index (χ2v) is 4.68. The molecule has 1 aliphatic rings. The molecular formula is C12H23NO2. The first-order valence-electron chi connectivity index (χ1n) is 6.01. The van der Waals surface area contributed by atoms with Gasteiger partial charge in [0.2, 0.25) is 0 Å². The minimum absolute atomic E-state index is 0.140. The molecule has 1 heterocycles. The minimum atomic E-state index is -0.140. The summed E-state index contributed by atoms with van der Waals surface area (Å²) in [6.07, 6.45) is 1.01. The molecule has 1 fully saturated rings. The Hall–Kier alpha value is -0.730. The van der Waals surface area contributed by atoms with Crippen LogP contribution in [0.1, 0.15) is 34.1 Å². The van der Waals surface area contributed by atoms with Gasteiger partial charge in [-0.3, -0.25) is 0 Å². The van der Waals surface area contributed by atoms with Crippen molar-refractivity contribution in [3.63, 3.8) is 0 Å². The van der Waals surface area contributed by atoms with Gasteiger partial charge in [-0.1, -0.05) is 27.2 Å². The number of hydrogen-bond donors (Lipinski definition) is 0. The summed E-state index contributed by atoms with van der Waals surface area (Å²) in [7, 11) is 0. The number of hydrogen-bond acceptors (Lipinski definition) is 2. The Labute approximate surface area is 92.8 Å². The van der Waals surface area contributed by atoms with Crippen LogP contribution >= 0.6 is 0 Å².